The molecule has 3 heteroatoms. The number of ether oxygens (including phenoxy) is 1. The molecular formula is C13H14N2O. The highest BCUT2D eigenvalue weighted by atomic mass is 16.5. The van der Waals surface area contributed by atoms with E-state index in [0.717, 1.165) is 17.0 Å². The van der Waals surface area contributed by atoms with E-state index in [4.69, 9.17) is 4.74 Å². The van der Waals surface area contributed by atoms with E-state index in [2.05, 4.69) is 30.2 Å². The summed E-state index contributed by atoms with van der Waals surface area (Å²) in [4.78, 5) is 0. The normalized spacial score (nSPS) is 12.9. The largest absolute Gasteiger partial charge is 0.488 e. The Morgan fingerprint density at radius 1 is 1.31 bits per heavy atom. The molecule has 0 saturated heterocycles. The molecule has 0 unspecified atom stereocenters. The maximum absolute atomic E-state index is 5.82. The van der Waals surface area contributed by atoms with Crippen LogP contribution in [0.5, 0.6) is 5.75 Å². The Balaban J connectivity index is 2.35. The second-order valence-corrected chi connectivity index (χ2v) is 4.28. The average molecular weight is 214 g/mol. The van der Waals surface area contributed by atoms with Gasteiger partial charge in [-0.1, -0.05) is 12.1 Å². The summed E-state index contributed by atoms with van der Waals surface area (Å²) in [6, 6.07) is 6.24. The van der Waals surface area contributed by atoms with Crippen molar-refractivity contribution in [1.82, 2.24) is 9.78 Å². The summed E-state index contributed by atoms with van der Waals surface area (Å²) >= 11 is 0. The highest BCUT2D eigenvalue weighted by Gasteiger charge is 2.24. The molecule has 0 atom stereocenters. The van der Waals surface area contributed by atoms with Crippen molar-refractivity contribution in [3.63, 3.8) is 0 Å². The van der Waals surface area contributed by atoms with Crippen molar-refractivity contribution in [2.75, 3.05) is 0 Å². The highest BCUT2D eigenvalue weighted by Crippen LogP contribution is 2.39. The summed E-state index contributed by atoms with van der Waals surface area (Å²) in [5.41, 5.74) is 5.80. The fourth-order valence-electron chi connectivity index (χ4n) is 2.39. The minimum Gasteiger partial charge on any atom is -0.488 e. The van der Waals surface area contributed by atoms with Crippen LogP contribution >= 0.6 is 0 Å². The van der Waals surface area contributed by atoms with E-state index in [0.29, 0.717) is 6.61 Å². The van der Waals surface area contributed by atoms with E-state index >= 15 is 0 Å². The molecule has 1 aliphatic rings. The minimum atomic E-state index is 0.632. The zero-order chi connectivity index (χ0) is 11.3. The molecule has 0 amide bonds. The molecule has 2 heterocycles. The van der Waals surface area contributed by atoms with E-state index in [1.807, 2.05) is 18.7 Å². The van der Waals surface area contributed by atoms with Crippen LogP contribution in [0.25, 0.3) is 11.3 Å². The molecule has 0 radical (unpaired) electrons. The summed E-state index contributed by atoms with van der Waals surface area (Å²) in [5.74, 6) is 0.998. The smallest absolute Gasteiger partial charge is 0.132 e. The molecule has 0 fully saturated rings. The standard InChI is InChI=1S/C13H14N2O/c1-8-5-4-6-10-12-11(7-16-13(8)10)9(2)14-15(12)3/h4-6H,7H2,1-3H3. The quantitative estimate of drug-likeness (QED) is 0.674. The SMILES string of the molecule is Cc1cccc2c1OCc1c(C)nn(C)c1-2. The van der Waals surface area contributed by atoms with Gasteiger partial charge in [0, 0.05) is 18.2 Å². The average Bonchev–Trinajstić information content (AvgIpc) is 2.55. The summed E-state index contributed by atoms with van der Waals surface area (Å²) in [6.45, 7) is 4.74. The van der Waals surface area contributed by atoms with Crippen molar-refractivity contribution >= 4 is 0 Å². The van der Waals surface area contributed by atoms with Gasteiger partial charge < -0.3 is 4.74 Å². The molecule has 1 aliphatic heterocycles. The van der Waals surface area contributed by atoms with Gasteiger partial charge in [0.1, 0.15) is 12.4 Å². The first-order valence-corrected chi connectivity index (χ1v) is 5.43. The van der Waals surface area contributed by atoms with Gasteiger partial charge in [-0.3, -0.25) is 4.68 Å². The van der Waals surface area contributed by atoms with Gasteiger partial charge in [0.2, 0.25) is 0 Å². The number of hydrogen-bond acceptors (Lipinski definition) is 2. The lowest BCUT2D eigenvalue weighted by Crippen LogP contribution is -2.08. The molecule has 82 valence electrons. The van der Waals surface area contributed by atoms with E-state index in [1.54, 1.807) is 0 Å². The number of rotatable bonds is 0. The van der Waals surface area contributed by atoms with Crippen molar-refractivity contribution in [2.45, 2.75) is 20.5 Å². The Labute approximate surface area is 94.7 Å². The lowest BCUT2D eigenvalue weighted by atomic mass is 10.0. The number of fused-ring (bicyclic) bond motifs is 3. The molecule has 0 saturated carbocycles. The summed E-state index contributed by atoms with van der Waals surface area (Å²) in [6.07, 6.45) is 0. The third-order valence-corrected chi connectivity index (χ3v) is 3.17. The lowest BCUT2D eigenvalue weighted by molar-refractivity contribution is 0.299. The number of nitrogens with zero attached hydrogens (tertiary/aromatic N) is 2. The molecule has 3 nitrogen and oxygen atoms in total. The van der Waals surface area contributed by atoms with Crippen LogP contribution in [0.4, 0.5) is 0 Å². The van der Waals surface area contributed by atoms with Gasteiger partial charge >= 0.3 is 0 Å². The van der Waals surface area contributed by atoms with E-state index in [-0.39, 0.29) is 0 Å². The molecule has 2 aromatic rings. The number of hydrogen-bond donors (Lipinski definition) is 0. The maximum atomic E-state index is 5.82. The fourth-order valence-corrected chi connectivity index (χ4v) is 2.39. The molecular weight excluding hydrogens is 200 g/mol. The van der Waals surface area contributed by atoms with Crippen LogP contribution in [0.15, 0.2) is 18.2 Å². The lowest BCUT2D eigenvalue weighted by Gasteiger charge is -2.20. The Hall–Kier alpha value is -1.77. The predicted octanol–water partition coefficient (Wildman–Crippen LogP) is 2.60. The number of benzene rings is 1. The van der Waals surface area contributed by atoms with Crippen molar-refractivity contribution in [3.8, 4) is 17.0 Å². The summed E-state index contributed by atoms with van der Waals surface area (Å²) < 4.78 is 7.77. The Morgan fingerprint density at radius 2 is 2.12 bits per heavy atom. The van der Waals surface area contributed by atoms with Gasteiger partial charge in [0.15, 0.2) is 0 Å². The second-order valence-electron chi connectivity index (χ2n) is 4.28. The van der Waals surface area contributed by atoms with Gasteiger partial charge in [0.05, 0.1) is 11.4 Å². The van der Waals surface area contributed by atoms with Crippen LogP contribution in [-0.2, 0) is 13.7 Å². The molecule has 16 heavy (non-hydrogen) atoms. The van der Waals surface area contributed by atoms with E-state index in [1.165, 1.54) is 16.8 Å². The van der Waals surface area contributed by atoms with Crippen molar-refractivity contribution < 1.29 is 4.74 Å². The van der Waals surface area contributed by atoms with Crippen LogP contribution in [-0.4, -0.2) is 9.78 Å². The monoisotopic (exact) mass is 214 g/mol. The van der Waals surface area contributed by atoms with Crippen LogP contribution in [0.2, 0.25) is 0 Å². The van der Waals surface area contributed by atoms with Crippen molar-refractivity contribution in [2.24, 2.45) is 7.05 Å². The number of aryl methyl sites for hydroxylation is 3. The van der Waals surface area contributed by atoms with Crippen LogP contribution in [0.1, 0.15) is 16.8 Å². The first-order valence-electron chi connectivity index (χ1n) is 5.43. The zero-order valence-corrected chi connectivity index (χ0v) is 9.74. The number of para-hydroxylation sites is 1. The molecule has 0 aliphatic carbocycles. The second kappa shape index (κ2) is 3.11. The molecule has 1 aromatic heterocycles. The van der Waals surface area contributed by atoms with Gasteiger partial charge in [-0.15, -0.1) is 0 Å². The van der Waals surface area contributed by atoms with Crippen LogP contribution < -0.4 is 4.74 Å². The fraction of sp³-hybridized carbons (Fsp3) is 0.308. The van der Waals surface area contributed by atoms with Crippen LogP contribution in [0.3, 0.4) is 0 Å². The zero-order valence-electron chi connectivity index (χ0n) is 9.74. The van der Waals surface area contributed by atoms with Crippen molar-refractivity contribution in [3.05, 3.63) is 35.0 Å². The van der Waals surface area contributed by atoms with Gasteiger partial charge in [-0.2, -0.15) is 5.10 Å². The van der Waals surface area contributed by atoms with Gasteiger partial charge in [-0.25, -0.2) is 0 Å². The Kier molecular flexibility index (Phi) is 1.84. The summed E-state index contributed by atoms with van der Waals surface area (Å²) in [5, 5.41) is 4.46. The molecule has 0 bridgehead atoms. The maximum Gasteiger partial charge on any atom is 0.132 e. The Bertz CT molecular complexity index is 570. The minimum absolute atomic E-state index is 0.632. The molecule has 3 rings (SSSR count). The van der Waals surface area contributed by atoms with E-state index < -0.39 is 0 Å². The van der Waals surface area contributed by atoms with E-state index in [9.17, 15) is 0 Å². The molecule has 0 spiro atoms. The van der Waals surface area contributed by atoms with Crippen LogP contribution in [0, 0.1) is 13.8 Å². The number of aromatic nitrogens is 2. The first-order chi connectivity index (χ1) is 7.68. The highest BCUT2D eigenvalue weighted by molar-refractivity contribution is 5.74. The summed E-state index contributed by atoms with van der Waals surface area (Å²) in [7, 11) is 1.99. The Morgan fingerprint density at radius 3 is 2.94 bits per heavy atom. The third kappa shape index (κ3) is 1.11. The van der Waals surface area contributed by atoms with Gasteiger partial charge in [-0.05, 0) is 25.5 Å². The third-order valence-electron chi connectivity index (χ3n) is 3.17. The molecule has 1 aromatic carbocycles. The van der Waals surface area contributed by atoms with Gasteiger partial charge in [0.25, 0.3) is 0 Å². The first kappa shape index (κ1) is 9.46. The predicted molar refractivity (Wildman–Crippen MR) is 62.5 cm³/mol. The molecule has 0 N–H and O–H groups in total. The topological polar surface area (TPSA) is 27.1 Å². The van der Waals surface area contributed by atoms with Crippen molar-refractivity contribution in [1.29, 1.82) is 0 Å².